The van der Waals surface area contributed by atoms with Gasteiger partial charge in [-0.15, -0.1) is 10.2 Å². The first kappa shape index (κ1) is 15.3. The summed E-state index contributed by atoms with van der Waals surface area (Å²) in [6, 6.07) is 11.7. The number of hydrogen-bond donors (Lipinski definition) is 1. The number of rotatable bonds is 8. The minimum absolute atomic E-state index is 0.511. The summed E-state index contributed by atoms with van der Waals surface area (Å²) < 4.78 is 10.7. The van der Waals surface area contributed by atoms with Crippen LogP contribution in [0.3, 0.4) is 0 Å². The SMILES string of the molecule is CCCNc1ccc(-c2ccccc2OCCOC)nn1. The van der Waals surface area contributed by atoms with Crippen LogP contribution in [0.25, 0.3) is 11.3 Å². The van der Waals surface area contributed by atoms with Crippen molar-refractivity contribution in [3.63, 3.8) is 0 Å². The molecule has 112 valence electrons. The van der Waals surface area contributed by atoms with Crippen LogP contribution in [0.1, 0.15) is 13.3 Å². The number of methoxy groups -OCH3 is 1. The Kier molecular flexibility index (Phi) is 5.97. The summed E-state index contributed by atoms with van der Waals surface area (Å²) in [5, 5.41) is 11.7. The molecule has 1 aromatic carbocycles. The highest BCUT2D eigenvalue weighted by atomic mass is 16.5. The van der Waals surface area contributed by atoms with Gasteiger partial charge in [0.1, 0.15) is 18.2 Å². The monoisotopic (exact) mass is 287 g/mol. The van der Waals surface area contributed by atoms with Gasteiger partial charge >= 0.3 is 0 Å². The van der Waals surface area contributed by atoms with Crippen molar-refractivity contribution >= 4 is 5.82 Å². The van der Waals surface area contributed by atoms with Crippen molar-refractivity contribution in [3.05, 3.63) is 36.4 Å². The lowest BCUT2D eigenvalue weighted by atomic mass is 10.1. The number of anilines is 1. The van der Waals surface area contributed by atoms with Gasteiger partial charge in [-0.3, -0.25) is 0 Å². The van der Waals surface area contributed by atoms with Crippen LogP contribution in [0.15, 0.2) is 36.4 Å². The molecule has 1 aromatic heterocycles. The molecule has 0 atom stereocenters. The predicted molar refractivity (Wildman–Crippen MR) is 83.6 cm³/mol. The maximum Gasteiger partial charge on any atom is 0.148 e. The lowest BCUT2D eigenvalue weighted by molar-refractivity contribution is 0.146. The van der Waals surface area contributed by atoms with E-state index in [0.29, 0.717) is 13.2 Å². The first-order valence-corrected chi connectivity index (χ1v) is 7.14. The second kappa shape index (κ2) is 8.21. The topological polar surface area (TPSA) is 56.3 Å². The molecule has 0 aliphatic heterocycles. The second-order valence-corrected chi connectivity index (χ2v) is 4.57. The Bertz CT molecular complexity index is 543. The van der Waals surface area contributed by atoms with Crippen LogP contribution in [0.2, 0.25) is 0 Å². The molecule has 0 saturated heterocycles. The first-order chi connectivity index (χ1) is 10.3. The lowest BCUT2D eigenvalue weighted by Gasteiger charge is -2.10. The zero-order valence-corrected chi connectivity index (χ0v) is 12.5. The van der Waals surface area contributed by atoms with Crippen molar-refractivity contribution in [2.45, 2.75) is 13.3 Å². The number of hydrogen-bond acceptors (Lipinski definition) is 5. The van der Waals surface area contributed by atoms with Crippen molar-refractivity contribution in [1.29, 1.82) is 0 Å². The molecular formula is C16H21N3O2. The Morgan fingerprint density at radius 1 is 1.05 bits per heavy atom. The van der Waals surface area contributed by atoms with E-state index in [1.54, 1.807) is 7.11 Å². The molecule has 0 bridgehead atoms. The van der Waals surface area contributed by atoms with Gasteiger partial charge in [0.25, 0.3) is 0 Å². The van der Waals surface area contributed by atoms with E-state index in [9.17, 15) is 0 Å². The summed E-state index contributed by atoms with van der Waals surface area (Å²) in [4.78, 5) is 0. The van der Waals surface area contributed by atoms with Crippen molar-refractivity contribution in [3.8, 4) is 17.0 Å². The Hall–Kier alpha value is -2.14. The molecule has 0 amide bonds. The van der Waals surface area contributed by atoms with Crippen molar-refractivity contribution < 1.29 is 9.47 Å². The van der Waals surface area contributed by atoms with Gasteiger partial charge in [0.2, 0.25) is 0 Å². The van der Waals surface area contributed by atoms with E-state index in [-0.39, 0.29) is 0 Å². The molecule has 5 nitrogen and oxygen atoms in total. The molecule has 0 fully saturated rings. The molecule has 0 saturated carbocycles. The van der Waals surface area contributed by atoms with Gasteiger partial charge in [-0.2, -0.15) is 0 Å². The molecule has 0 aliphatic rings. The van der Waals surface area contributed by atoms with E-state index in [0.717, 1.165) is 35.8 Å². The second-order valence-electron chi connectivity index (χ2n) is 4.57. The van der Waals surface area contributed by atoms with Crippen LogP contribution in [0, 0.1) is 0 Å². The molecule has 21 heavy (non-hydrogen) atoms. The zero-order chi connectivity index (χ0) is 14.9. The van der Waals surface area contributed by atoms with Gasteiger partial charge in [-0.05, 0) is 30.7 Å². The van der Waals surface area contributed by atoms with Gasteiger partial charge in [0.15, 0.2) is 0 Å². The molecule has 0 radical (unpaired) electrons. The van der Waals surface area contributed by atoms with E-state index in [4.69, 9.17) is 9.47 Å². The van der Waals surface area contributed by atoms with E-state index >= 15 is 0 Å². The molecule has 0 unspecified atom stereocenters. The fourth-order valence-corrected chi connectivity index (χ4v) is 1.86. The Morgan fingerprint density at radius 3 is 2.62 bits per heavy atom. The van der Waals surface area contributed by atoms with E-state index in [1.807, 2.05) is 36.4 Å². The third kappa shape index (κ3) is 4.43. The average Bonchev–Trinajstić information content (AvgIpc) is 2.54. The minimum atomic E-state index is 0.511. The molecular weight excluding hydrogens is 266 g/mol. The van der Waals surface area contributed by atoms with Crippen molar-refractivity contribution in [2.24, 2.45) is 0 Å². The number of benzene rings is 1. The first-order valence-electron chi connectivity index (χ1n) is 7.14. The minimum Gasteiger partial charge on any atom is -0.490 e. The van der Waals surface area contributed by atoms with Gasteiger partial charge < -0.3 is 14.8 Å². The maximum atomic E-state index is 5.72. The van der Waals surface area contributed by atoms with Crippen LogP contribution in [0.4, 0.5) is 5.82 Å². The van der Waals surface area contributed by atoms with Gasteiger partial charge in [0.05, 0.1) is 12.3 Å². The van der Waals surface area contributed by atoms with E-state index in [1.165, 1.54) is 0 Å². The molecule has 0 aliphatic carbocycles. The number of aromatic nitrogens is 2. The van der Waals surface area contributed by atoms with Crippen LogP contribution in [-0.2, 0) is 4.74 Å². The Labute approximate surface area is 125 Å². The average molecular weight is 287 g/mol. The normalized spacial score (nSPS) is 10.4. The summed E-state index contributed by atoms with van der Waals surface area (Å²) >= 11 is 0. The summed E-state index contributed by atoms with van der Waals surface area (Å²) in [6.07, 6.45) is 1.06. The third-order valence-corrected chi connectivity index (χ3v) is 2.93. The van der Waals surface area contributed by atoms with Crippen LogP contribution in [0.5, 0.6) is 5.75 Å². The quantitative estimate of drug-likeness (QED) is 0.756. The van der Waals surface area contributed by atoms with Gasteiger partial charge in [-0.1, -0.05) is 19.1 Å². The number of para-hydroxylation sites is 1. The van der Waals surface area contributed by atoms with E-state index < -0.39 is 0 Å². The highest BCUT2D eigenvalue weighted by Crippen LogP contribution is 2.28. The molecule has 2 rings (SSSR count). The van der Waals surface area contributed by atoms with Crippen LogP contribution >= 0.6 is 0 Å². The fourth-order valence-electron chi connectivity index (χ4n) is 1.86. The highest BCUT2D eigenvalue weighted by Gasteiger charge is 2.07. The Morgan fingerprint density at radius 2 is 1.90 bits per heavy atom. The van der Waals surface area contributed by atoms with Gasteiger partial charge in [0, 0.05) is 19.2 Å². The Balaban J connectivity index is 2.13. The molecule has 0 spiro atoms. The summed E-state index contributed by atoms with van der Waals surface area (Å²) in [6.45, 7) is 4.07. The molecule has 2 aromatic rings. The lowest BCUT2D eigenvalue weighted by Crippen LogP contribution is -2.06. The van der Waals surface area contributed by atoms with Crippen molar-refractivity contribution in [1.82, 2.24) is 10.2 Å². The molecule has 1 heterocycles. The van der Waals surface area contributed by atoms with Crippen LogP contribution < -0.4 is 10.1 Å². The number of nitrogens with zero attached hydrogens (tertiary/aromatic N) is 2. The molecule has 1 N–H and O–H groups in total. The maximum absolute atomic E-state index is 5.72. The van der Waals surface area contributed by atoms with Crippen LogP contribution in [-0.4, -0.2) is 37.1 Å². The highest BCUT2D eigenvalue weighted by molar-refractivity contribution is 5.67. The number of nitrogens with one attached hydrogen (secondary N) is 1. The zero-order valence-electron chi connectivity index (χ0n) is 12.5. The van der Waals surface area contributed by atoms with Crippen molar-refractivity contribution in [2.75, 3.05) is 32.2 Å². The standard InChI is InChI=1S/C16H21N3O2/c1-3-10-17-16-9-8-14(18-19-16)13-6-4-5-7-15(13)21-12-11-20-2/h4-9H,3,10-12H2,1-2H3,(H,17,19). The summed E-state index contributed by atoms with van der Waals surface area (Å²) in [5.41, 5.74) is 1.73. The predicted octanol–water partition coefficient (Wildman–Crippen LogP) is 2.99. The third-order valence-electron chi connectivity index (χ3n) is 2.93. The smallest absolute Gasteiger partial charge is 0.148 e. The largest absolute Gasteiger partial charge is 0.490 e. The van der Waals surface area contributed by atoms with E-state index in [2.05, 4.69) is 22.4 Å². The summed E-state index contributed by atoms with van der Waals surface area (Å²) in [7, 11) is 1.66. The fraction of sp³-hybridized carbons (Fsp3) is 0.375. The van der Waals surface area contributed by atoms with Gasteiger partial charge in [-0.25, -0.2) is 0 Å². The summed E-state index contributed by atoms with van der Waals surface area (Å²) in [5.74, 6) is 1.58. The number of ether oxygens (including phenoxy) is 2. The molecule has 5 heteroatoms.